The van der Waals surface area contributed by atoms with Gasteiger partial charge in [0.15, 0.2) is 0 Å². The molecule has 0 bridgehead atoms. The molecule has 0 aliphatic carbocycles. The van der Waals surface area contributed by atoms with Crippen molar-refractivity contribution < 1.29 is 14.3 Å². The van der Waals surface area contributed by atoms with Gasteiger partial charge in [0, 0.05) is 6.54 Å². The molecule has 0 fully saturated rings. The van der Waals surface area contributed by atoms with Gasteiger partial charge in [0.2, 0.25) is 0 Å². The zero-order valence-corrected chi connectivity index (χ0v) is 9.03. The number of ether oxygens (including phenoxy) is 1. The van der Waals surface area contributed by atoms with Crippen LogP contribution in [-0.4, -0.2) is 19.0 Å². The van der Waals surface area contributed by atoms with Gasteiger partial charge in [-0.05, 0) is 5.56 Å². The molecule has 4 heteroatoms. The zero-order chi connectivity index (χ0) is 12.0. The average molecular weight is 219 g/mol. The summed E-state index contributed by atoms with van der Waals surface area (Å²) < 4.78 is 4.39. The van der Waals surface area contributed by atoms with Crippen molar-refractivity contribution in [3.05, 3.63) is 48.0 Å². The minimum Gasteiger partial charge on any atom is -0.465 e. The van der Waals surface area contributed by atoms with Crippen molar-refractivity contribution in [2.24, 2.45) is 0 Å². The Hall–Kier alpha value is -2.10. The van der Waals surface area contributed by atoms with E-state index in [4.69, 9.17) is 0 Å². The highest BCUT2D eigenvalue weighted by molar-refractivity contribution is 6.15. The van der Waals surface area contributed by atoms with Crippen molar-refractivity contribution in [1.29, 1.82) is 0 Å². The molecule has 0 saturated heterocycles. The molecular formula is C12H13NO3. The number of carbonyl (C=O) groups is 2. The Balaban J connectivity index is 2.48. The van der Waals surface area contributed by atoms with Gasteiger partial charge in [-0.3, -0.25) is 4.79 Å². The monoisotopic (exact) mass is 219 g/mol. The lowest BCUT2D eigenvalue weighted by atomic mass is 10.2. The summed E-state index contributed by atoms with van der Waals surface area (Å²) in [5.74, 6) is -1.23. The van der Waals surface area contributed by atoms with Gasteiger partial charge < -0.3 is 10.1 Å². The second-order valence-corrected chi connectivity index (χ2v) is 3.14. The van der Waals surface area contributed by atoms with Crippen molar-refractivity contribution in [2.75, 3.05) is 7.11 Å². The highest BCUT2D eigenvalue weighted by Gasteiger charge is 2.15. The summed E-state index contributed by atoms with van der Waals surface area (Å²) >= 11 is 0. The highest BCUT2D eigenvalue weighted by atomic mass is 16.5. The Labute approximate surface area is 93.9 Å². The van der Waals surface area contributed by atoms with Gasteiger partial charge in [-0.25, -0.2) is 4.79 Å². The molecule has 16 heavy (non-hydrogen) atoms. The number of carbonyl (C=O) groups excluding carboxylic acids is 2. The molecule has 0 aromatic heterocycles. The van der Waals surface area contributed by atoms with Crippen LogP contribution in [0.1, 0.15) is 5.56 Å². The van der Waals surface area contributed by atoms with Gasteiger partial charge in [0.05, 0.1) is 7.11 Å². The summed E-state index contributed by atoms with van der Waals surface area (Å²) in [4.78, 5) is 22.4. The number of hydrogen-bond acceptors (Lipinski definition) is 3. The van der Waals surface area contributed by atoms with Crippen LogP contribution in [0.2, 0.25) is 0 Å². The Morgan fingerprint density at radius 2 is 1.94 bits per heavy atom. The molecule has 1 amide bonds. The van der Waals surface area contributed by atoms with E-state index in [1.165, 1.54) is 7.11 Å². The molecule has 4 nitrogen and oxygen atoms in total. The zero-order valence-electron chi connectivity index (χ0n) is 9.03. The smallest absolute Gasteiger partial charge is 0.342 e. The summed E-state index contributed by atoms with van der Waals surface area (Å²) in [6, 6.07) is 9.38. The van der Waals surface area contributed by atoms with E-state index in [2.05, 4.69) is 16.6 Å². The number of benzene rings is 1. The number of rotatable bonds is 4. The lowest BCUT2D eigenvalue weighted by Gasteiger charge is -2.05. The molecule has 0 saturated carbocycles. The third-order valence-electron chi connectivity index (χ3n) is 2.00. The lowest BCUT2D eigenvalue weighted by Crippen LogP contribution is -2.27. The van der Waals surface area contributed by atoms with E-state index in [1.54, 1.807) is 0 Å². The van der Waals surface area contributed by atoms with Crippen LogP contribution in [0.4, 0.5) is 0 Å². The Morgan fingerprint density at radius 1 is 1.31 bits per heavy atom. The quantitative estimate of drug-likeness (QED) is 0.356. The Morgan fingerprint density at radius 3 is 2.50 bits per heavy atom. The van der Waals surface area contributed by atoms with Gasteiger partial charge in [0.1, 0.15) is 5.57 Å². The van der Waals surface area contributed by atoms with Gasteiger partial charge in [-0.15, -0.1) is 0 Å². The fourth-order valence-corrected chi connectivity index (χ4v) is 1.10. The predicted octanol–water partition coefficient (Wildman–Crippen LogP) is 1.03. The second kappa shape index (κ2) is 5.70. The van der Waals surface area contributed by atoms with Gasteiger partial charge >= 0.3 is 5.97 Å². The third kappa shape index (κ3) is 3.24. The van der Waals surface area contributed by atoms with Crippen LogP contribution in [0.5, 0.6) is 0 Å². The minimum atomic E-state index is -0.717. The first kappa shape index (κ1) is 12.0. The minimum absolute atomic E-state index is 0.196. The molecule has 1 N–H and O–H groups in total. The van der Waals surface area contributed by atoms with Crippen LogP contribution in [0, 0.1) is 0 Å². The molecule has 1 aromatic carbocycles. The molecule has 0 aliphatic rings. The maximum absolute atomic E-state index is 11.4. The number of hydrogen-bond donors (Lipinski definition) is 1. The highest BCUT2D eigenvalue weighted by Crippen LogP contribution is 1.99. The summed E-state index contributed by atoms with van der Waals surface area (Å²) in [6.07, 6.45) is 0. The van der Waals surface area contributed by atoms with Gasteiger partial charge in [0.25, 0.3) is 5.91 Å². The first-order valence-corrected chi connectivity index (χ1v) is 4.74. The van der Waals surface area contributed by atoms with E-state index in [0.717, 1.165) is 5.56 Å². The van der Waals surface area contributed by atoms with E-state index < -0.39 is 11.9 Å². The Bertz CT molecular complexity index is 398. The maximum atomic E-state index is 11.4. The van der Waals surface area contributed by atoms with Crippen LogP contribution in [0.15, 0.2) is 42.5 Å². The number of amides is 1. The molecule has 0 unspecified atom stereocenters. The normalized spacial score (nSPS) is 9.31. The number of esters is 1. The van der Waals surface area contributed by atoms with Crippen molar-refractivity contribution in [3.63, 3.8) is 0 Å². The first-order valence-electron chi connectivity index (χ1n) is 4.74. The van der Waals surface area contributed by atoms with E-state index >= 15 is 0 Å². The fourth-order valence-electron chi connectivity index (χ4n) is 1.10. The number of nitrogens with one attached hydrogen (secondary N) is 1. The van der Waals surface area contributed by atoms with Gasteiger partial charge in [-0.1, -0.05) is 36.9 Å². The molecular weight excluding hydrogens is 206 g/mol. The SMILES string of the molecule is C=C(C(=O)NCc1ccccc1)C(=O)OC. The second-order valence-electron chi connectivity index (χ2n) is 3.14. The third-order valence-corrected chi connectivity index (χ3v) is 2.00. The largest absolute Gasteiger partial charge is 0.465 e. The van der Waals surface area contributed by atoms with E-state index in [0.29, 0.717) is 6.54 Å². The molecule has 0 radical (unpaired) electrons. The molecule has 1 aromatic rings. The van der Waals surface area contributed by atoms with Crippen LogP contribution in [-0.2, 0) is 20.9 Å². The average Bonchev–Trinajstić information content (AvgIpc) is 2.35. The lowest BCUT2D eigenvalue weighted by molar-refractivity contribution is -0.138. The molecule has 0 spiro atoms. The first-order chi connectivity index (χ1) is 7.65. The molecule has 0 atom stereocenters. The molecule has 0 heterocycles. The molecule has 0 aliphatic heterocycles. The van der Waals surface area contributed by atoms with Crippen molar-refractivity contribution in [1.82, 2.24) is 5.32 Å². The van der Waals surface area contributed by atoms with Crippen molar-refractivity contribution in [2.45, 2.75) is 6.54 Å². The summed E-state index contributed by atoms with van der Waals surface area (Å²) in [7, 11) is 1.21. The number of methoxy groups -OCH3 is 1. The van der Waals surface area contributed by atoms with Crippen LogP contribution >= 0.6 is 0 Å². The maximum Gasteiger partial charge on any atom is 0.342 e. The van der Waals surface area contributed by atoms with Crippen molar-refractivity contribution in [3.8, 4) is 0 Å². The topological polar surface area (TPSA) is 55.4 Å². The van der Waals surface area contributed by atoms with E-state index in [1.807, 2.05) is 30.3 Å². The molecule has 1 rings (SSSR count). The molecule has 84 valence electrons. The van der Waals surface area contributed by atoms with E-state index in [9.17, 15) is 9.59 Å². The summed E-state index contributed by atoms with van der Waals surface area (Å²) in [5, 5.41) is 2.57. The van der Waals surface area contributed by atoms with Crippen LogP contribution in [0.3, 0.4) is 0 Å². The van der Waals surface area contributed by atoms with Crippen molar-refractivity contribution >= 4 is 11.9 Å². The summed E-state index contributed by atoms with van der Waals surface area (Å²) in [6.45, 7) is 3.71. The standard InChI is InChI=1S/C12H13NO3/c1-9(12(15)16-2)11(14)13-8-10-6-4-3-5-7-10/h3-7H,1,8H2,2H3,(H,13,14). The predicted molar refractivity (Wildman–Crippen MR) is 59.4 cm³/mol. The summed E-state index contributed by atoms with van der Waals surface area (Å²) in [5.41, 5.74) is 0.756. The van der Waals surface area contributed by atoms with Crippen LogP contribution in [0.25, 0.3) is 0 Å². The Kier molecular flexibility index (Phi) is 4.27. The van der Waals surface area contributed by atoms with Gasteiger partial charge in [-0.2, -0.15) is 0 Å². The van der Waals surface area contributed by atoms with Crippen LogP contribution < -0.4 is 5.32 Å². The van der Waals surface area contributed by atoms with E-state index in [-0.39, 0.29) is 5.57 Å². The fraction of sp³-hybridized carbons (Fsp3) is 0.167.